The van der Waals surface area contributed by atoms with Crippen LogP contribution in [0.1, 0.15) is 16.8 Å². The van der Waals surface area contributed by atoms with Crippen LogP contribution in [0.25, 0.3) is 22.8 Å². The first kappa shape index (κ1) is 14.7. The topological polar surface area (TPSA) is 38.7 Å². The second-order valence-electron chi connectivity index (χ2n) is 5.38. The summed E-state index contributed by atoms with van der Waals surface area (Å²) in [4.78, 5) is 13.4. The number of pyridine rings is 1. The van der Waals surface area contributed by atoms with Gasteiger partial charge in [-0.3, -0.25) is 0 Å². The number of halogens is 1. The number of hydrogen-bond acceptors (Lipinski definition) is 3. The third-order valence-corrected chi connectivity index (χ3v) is 3.66. The smallest absolute Gasteiger partial charge is 0.180 e. The molecular weight excluding hydrogens is 294 g/mol. The Hall–Kier alpha value is -2.26. The lowest BCUT2D eigenvalue weighted by atomic mass is 10.0. The minimum atomic E-state index is 0.420. The maximum absolute atomic E-state index is 6.19. The van der Waals surface area contributed by atoms with Gasteiger partial charge in [0.15, 0.2) is 5.82 Å². The lowest BCUT2D eigenvalue weighted by Crippen LogP contribution is -1.97. The summed E-state index contributed by atoms with van der Waals surface area (Å²) in [6.07, 6.45) is 0. The molecule has 0 unspecified atom stereocenters. The first-order valence-corrected chi connectivity index (χ1v) is 7.47. The Morgan fingerprint density at radius 2 is 1.64 bits per heavy atom. The van der Waals surface area contributed by atoms with Crippen LogP contribution in [0.3, 0.4) is 0 Å². The zero-order valence-corrected chi connectivity index (χ0v) is 13.5. The number of rotatable bonds is 2. The van der Waals surface area contributed by atoms with Crippen LogP contribution in [0.5, 0.6) is 0 Å². The van der Waals surface area contributed by atoms with E-state index in [0.29, 0.717) is 11.0 Å². The molecular formula is C18H16ClN3. The summed E-state index contributed by atoms with van der Waals surface area (Å²) in [5.41, 5.74) is 5.92. The third kappa shape index (κ3) is 3.00. The Kier molecular flexibility index (Phi) is 3.90. The number of aryl methyl sites for hydroxylation is 3. The molecule has 0 amide bonds. The molecule has 3 aromatic rings. The van der Waals surface area contributed by atoms with Gasteiger partial charge >= 0.3 is 0 Å². The second kappa shape index (κ2) is 5.85. The Labute approximate surface area is 135 Å². The van der Waals surface area contributed by atoms with Gasteiger partial charge in [-0.15, -0.1) is 0 Å². The maximum Gasteiger partial charge on any atom is 0.180 e. The number of nitrogens with zero attached hydrogens (tertiary/aromatic N) is 3. The Morgan fingerprint density at radius 3 is 2.36 bits per heavy atom. The van der Waals surface area contributed by atoms with E-state index in [-0.39, 0.29) is 0 Å². The van der Waals surface area contributed by atoms with Gasteiger partial charge in [-0.05, 0) is 38.5 Å². The SMILES string of the molecule is Cc1ccc(-c2cc(Cl)nc(-c3cccc(C)n3)n2)c(C)c1. The van der Waals surface area contributed by atoms with E-state index in [0.717, 1.165) is 28.2 Å². The molecule has 2 aromatic heterocycles. The zero-order chi connectivity index (χ0) is 15.7. The highest BCUT2D eigenvalue weighted by Crippen LogP contribution is 2.26. The minimum Gasteiger partial charge on any atom is -0.250 e. The van der Waals surface area contributed by atoms with E-state index in [9.17, 15) is 0 Å². The van der Waals surface area contributed by atoms with E-state index in [1.165, 1.54) is 5.56 Å². The minimum absolute atomic E-state index is 0.420. The average molecular weight is 310 g/mol. The molecule has 0 aliphatic rings. The fourth-order valence-electron chi connectivity index (χ4n) is 2.44. The number of benzene rings is 1. The summed E-state index contributed by atoms with van der Waals surface area (Å²) in [7, 11) is 0. The van der Waals surface area contributed by atoms with Crippen LogP contribution in [0.2, 0.25) is 5.15 Å². The Bertz CT molecular complexity index is 843. The molecule has 0 aliphatic carbocycles. The van der Waals surface area contributed by atoms with Gasteiger partial charge in [0.1, 0.15) is 10.8 Å². The Morgan fingerprint density at radius 1 is 0.818 bits per heavy atom. The maximum atomic E-state index is 6.19. The summed E-state index contributed by atoms with van der Waals surface area (Å²) in [5, 5.41) is 0.420. The van der Waals surface area contributed by atoms with Gasteiger partial charge in [0.2, 0.25) is 0 Å². The standard InChI is InChI=1S/C18H16ClN3/c1-11-7-8-14(12(2)9-11)16-10-17(19)22-18(21-16)15-6-4-5-13(3)20-15/h4-10H,1-3H3. The molecule has 22 heavy (non-hydrogen) atoms. The fraction of sp³-hybridized carbons (Fsp3) is 0.167. The molecule has 0 saturated heterocycles. The van der Waals surface area contributed by atoms with E-state index < -0.39 is 0 Å². The van der Waals surface area contributed by atoms with E-state index in [1.807, 2.05) is 25.1 Å². The van der Waals surface area contributed by atoms with Gasteiger partial charge in [-0.1, -0.05) is 41.4 Å². The summed E-state index contributed by atoms with van der Waals surface area (Å²) in [6.45, 7) is 6.09. The van der Waals surface area contributed by atoms with Crippen LogP contribution >= 0.6 is 11.6 Å². The van der Waals surface area contributed by atoms with Gasteiger partial charge in [-0.25, -0.2) is 15.0 Å². The van der Waals surface area contributed by atoms with Crippen molar-refractivity contribution in [1.82, 2.24) is 15.0 Å². The van der Waals surface area contributed by atoms with Crippen molar-refractivity contribution in [3.8, 4) is 22.8 Å². The first-order valence-electron chi connectivity index (χ1n) is 7.09. The third-order valence-electron chi connectivity index (χ3n) is 3.47. The monoisotopic (exact) mass is 309 g/mol. The largest absolute Gasteiger partial charge is 0.250 e. The highest BCUT2D eigenvalue weighted by atomic mass is 35.5. The molecule has 4 heteroatoms. The van der Waals surface area contributed by atoms with Gasteiger partial charge in [-0.2, -0.15) is 0 Å². The normalized spacial score (nSPS) is 10.7. The molecule has 0 atom stereocenters. The van der Waals surface area contributed by atoms with Crippen LogP contribution in [0, 0.1) is 20.8 Å². The van der Waals surface area contributed by atoms with Crippen molar-refractivity contribution >= 4 is 11.6 Å². The fourth-order valence-corrected chi connectivity index (χ4v) is 2.62. The van der Waals surface area contributed by atoms with Crippen molar-refractivity contribution in [2.24, 2.45) is 0 Å². The lowest BCUT2D eigenvalue weighted by Gasteiger charge is -2.09. The molecule has 110 valence electrons. The predicted octanol–water partition coefficient (Wildman–Crippen LogP) is 4.78. The van der Waals surface area contributed by atoms with Gasteiger partial charge in [0.25, 0.3) is 0 Å². The van der Waals surface area contributed by atoms with E-state index in [1.54, 1.807) is 6.07 Å². The van der Waals surface area contributed by atoms with Crippen LogP contribution in [-0.4, -0.2) is 15.0 Å². The molecule has 1 aromatic carbocycles. The summed E-state index contributed by atoms with van der Waals surface area (Å²) >= 11 is 6.19. The molecule has 0 fully saturated rings. The summed E-state index contributed by atoms with van der Waals surface area (Å²) < 4.78 is 0. The Balaban J connectivity index is 2.14. The van der Waals surface area contributed by atoms with Crippen molar-refractivity contribution in [3.05, 3.63) is 64.4 Å². The number of hydrogen-bond donors (Lipinski definition) is 0. The number of aromatic nitrogens is 3. The van der Waals surface area contributed by atoms with Crippen molar-refractivity contribution in [2.75, 3.05) is 0 Å². The quantitative estimate of drug-likeness (QED) is 0.639. The van der Waals surface area contributed by atoms with Crippen LogP contribution in [0.15, 0.2) is 42.5 Å². The molecule has 3 rings (SSSR count). The molecule has 0 aliphatic heterocycles. The predicted molar refractivity (Wildman–Crippen MR) is 89.9 cm³/mol. The van der Waals surface area contributed by atoms with Crippen molar-refractivity contribution in [2.45, 2.75) is 20.8 Å². The average Bonchev–Trinajstić information content (AvgIpc) is 2.46. The van der Waals surface area contributed by atoms with Gasteiger partial charge in [0, 0.05) is 17.3 Å². The van der Waals surface area contributed by atoms with E-state index in [4.69, 9.17) is 11.6 Å². The summed E-state index contributed by atoms with van der Waals surface area (Å²) in [6, 6.07) is 13.8. The van der Waals surface area contributed by atoms with Crippen LogP contribution < -0.4 is 0 Å². The van der Waals surface area contributed by atoms with Gasteiger partial charge < -0.3 is 0 Å². The molecule has 0 saturated carbocycles. The molecule has 2 heterocycles. The molecule has 0 N–H and O–H groups in total. The highest BCUT2D eigenvalue weighted by molar-refractivity contribution is 6.29. The van der Waals surface area contributed by atoms with Crippen LogP contribution in [-0.2, 0) is 0 Å². The molecule has 0 spiro atoms. The van der Waals surface area contributed by atoms with Crippen molar-refractivity contribution in [3.63, 3.8) is 0 Å². The zero-order valence-electron chi connectivity index (χ0n) is 12.8. The first-order chi connectivity index (χ1) is 10.5. The highest BCUT2D eigenvalue weighted by Gasteiger charge is 2.10. The van der Waals surface area contributed by atoms with E-state index >= 15 is 0 Å². The molecule has 0 bridgehead atoms. The van der Waals surface area contributed by atoms with Crippen molar-refractivity contribution < 1.29 is 0 Å². The summed E-state index contributed by atoms with van der Waals surface area (Å²) in [5.74, 6) is 0.547. The second-order valence-corrected chi connectivity index (χ2v) is 5.77. The van der Waals surface area contributed by atoms with Crippen molar-refractivity contribution in [1.29, 1.82) is 0 Å². The van der Waals surface area contributed by atoms with Gasteiger partial charge in [0.05, 0.1) is 5.69 Å². The molecule has 0 radical (unpaired) electrons. The lowest BCUT2D eigenvalue weighted by molar-refractivity contribution is 1.11. The van der Waals surface area contributed by atoms with Crippen LogP contribution in [0.4, 0.5) is 0 Å². The van der Waals surface area contributed by atoms with E-state index in [2.05, 4.69) is 47.0 Å². The molecule has 3 nitrogen and oxygen atoms in total.